The van der Waals surface area contributed by atoms with E-state index in [-0.39, 0.29) is 11.6 Å². The van der Waals surface area contributed by atoms with Gasteiger partial charge in [-0.25, -0.2) is 4.98 Å². The lowest BCUT2D eigenvalue weighted by Gasteiger charge is -2.16. The highest BCUT2D eigenvalue weighted by molar-refractivity contribution is 5.75. The van der Waals surface area contributed by atoms with Crippen LogP contribution in [-0.4, -0.2) is 24.3 Å². The monoisotopic (exact) mass is 283 g/mol. The van der Waals surface area contributed by atoms with E-state index in [1.54, 1.807) is 29.4 Å². The van der Waals surface area contributed by atoms with Gasteiger partial charge in [-0.3, -0.25) is 19.0 Å². The average molecular weight is 283 g/mol. The van der Waals surface area contributed by atoms with E-state index in [0.29, 0.717) is 17.4 Å². The lowest BCUT2D eigenvalue weighted by Crippen LogP contribution is -2.27. The highest BCUT2D eigenvalue weighted by atomic mass is 16.1. The van der Waals surface area contributed by atoms with E-state index in [9.17, 15) is 4.79 Å². The van der Waals surface area contributed by atoms with Crippen LogP contribution >= 0.6 is 0 Å². The SMILES string of the molecule is Cc1cc(C)n(CC(C)n2cnc3ccncc3c2=O)n1. The van der Waals surface area contributed by atoms with Crippen LogP contribution in [0.2, 0.25) is 0 Å². The van der Waals surface area contributed by atoms with Crippen molar-refractivity contribution in [3.05, 3.63) is 52.6 Å². The number of hydrogen-bond donors (Lipinski definition) is 0. The largest absolute Gasteiger partial charge is 0.294 e. The highest BCUT2D eigenvalue weighted by Crippen LogP contribution is 2.11. The van der Waals surface area contributed by atoms with Crippen molar-refractivity contribution >= 4 is 10.9 Å². The molecule has 0 spiro atoms. The summed E-state index contributed by atoms with van der Waals surface area (Å²) in [6.07, 6.45) is 4.80. The van der Waals surface area contributed by atoms with E-state index in [2.05, 4.69) is 15.1 Å². The molecule has 21 heavy (non-hydrogen) atoms. The second kappa shape index (κ2) is 5.12. The molecule has 0 aliphatic heterocycles. The number of hydrogen-bond acceptors (Lipinski definition) is 4. The number of aryl methyl sites for hydroxylation is 2. The van der Waals surface area contributed by atoms with Gasteiger partial charge < -0.3 is 0 Å². The Hall–Kier alpha value is -2.50. The third-order valence-corrected chi connectivity index (χ3v) is 3.60. The zero-order valence-corrected chi connectivity index (χ0v) is 12.3. The molecule has 6 nitrogen and oxygen atoms in total. The molecular weight excluding hydrogens is 266 g/mol. The molecule has 108 valence electrons. The fourth-order valence-electron chi connectivity index (χ4n) is 2.49. The smallest absolute Gasteiger partial charge is 0.263 e. The van der Waals surface area contributed by atoms with Crippen LogP contribution in [0.4, 0.5) is 0 Å². The Morgan fingerprint density at radius 2 is 2.14 bits per heavy atom. The lowest BCUT2D eigenvalue weighted by molar-refractivity contribution is 0.419. The summed E-state index contributed by atoms with van der Waals surface area (Å²) in [7, 11) is 0. The van der Waals surface area contributed by atoms with Crippen molar-refractivity contribution < 1.29 is 0 Å². The first kappa shape index (κ1) is 13.5. The van der Waals surface area contributed by atoms with Crippen molar-refractivity contribution in [2.24, 2.45) is 0 Å². The van der Waals surface area contributed by atoms with Crippen LogP contribution in [0.1, 0.15) is 24.4 Å². The molecule has 3 aromatic rings. The Morgan fingerprint density at radius 1 is 1.33 bits per heavy atom. The molecule has 0 saturated carbocycles. The van der Waals surface area contributed by atoms with Gasteiger partial charge in [0.1, 0.15) is 0 Å². The van der Waals surface area contributed by atoms with Gasteiger partial charge in [0.25, 0.3) is 5.56 Å². The lowest BCUT2D eigenvalue weighted by atomic mass is 10.2. The zero-order chi connectivity index (χ0) is 15.0. The maximum Gasteiger partial charge on any atom is 0.263 e. The van der Waals surface area contributed by atoms with Crippen molar-refractivity contribution in [1.82, 2.24) is 24.3 Å². The zero-order valence-electron chi connectivity index (χ0n) is 12.3. The standard InChI is InChI=1S/C15H17N5O/c1-10-6-11(2)20(18-10)8-12(3)19-9-17-14-4-5-16-7-13(14)15(19)21/h4-7,9,12H,8H2,1-3H3. The molecule has 0 fully saturated rings. The Bertz CT molecular complexity index is 849. The van der Waals surface area contributed by atoms with Gasteiger partial charge in [-0.1, -0.05) is 0 Å². The molecular formula is C15H17N5O. The molecule has 0 amide bonds. The van der Waals surface area contributed by atoms with E-state index >= 15 is 0 Å². The number of fused-ring (bicyclic) bond motifs is 1. The first-order valence-electron chi connectivity index (χ1n) is 6.88. The molecule has 1 atom stereocenters. The van der Waals surface area contributed by atoms with Gasteiger partial charge in [0, 0.05) is 18.1 Å². The third-order valence-electron chi connectivity index (χ3n) is 3.60. The second-order valence-corrected chi connectivity index (χ2v) is 5.31. The Morgan fingerprint density at radius 3 is 2.86 bits per heavy atom. The molecule has 3 aromatic heterocycles. The molecule has 0 aliphatic carbocycles. The van der Waals surface area contributed by atoms with Gasteiger partial charge in [-0.2, -0.15) is 5.10 Å². The molecule has 0 radical (unpaired) electrons. The van der Waals surface area contributed by atoms with Gasteiger partial charge in [0.05, 0.1) is 35.5 Å². The van der Waals surface area contributed by atoms with E-state index in [1.165, 1.54) is 0 Å². The molecule has 1 unspecified atom stereocenters. The molecule has 0 aromatic carbocycles. The fourth-order valence-corrected chi connectivity index (χ4v) is 2.49. The predicted octanol–water partition coefficient (Wildman–Crippen LogP) is 1.87. The molecule has 0 bridgehead atoms. The number of aromatic nitrogens is 5. The second-order valence-electron chi connectivity index (χ2n) is 5.31. The quantitative estimate of drug-likeness (QED) is 0.736. The number of rotatable bonds is 3. The van der Waals surface area contributed by atoms with E-state index in [0.717, 1.165) is 11.4 Å². The summed E-state index contributed by atoms with van der Waals surface area (Å²) in [6.45, 7) is 6.59. The van der Waals surface area contributed by atoms with Gasteiger partial charge in [-0.15, -0.1) is 0 Å². The molecule has 0 aliphatic rings. The van der Waals surface area contributed by atoms with Crippen LogP contribution in [0, 0.1) is 13.8 Å². The summed E-state index contributed by atoms with van der Waals surface area (Å²) in [5, 5.41) is 4.98. The molecule has 6 heteroatoms. The van der Waals surface area contributed by atoms with Crippen molar-refractivity contribution in [2.75, 3.05) is 0 Å². The van der Waals surface area contributed by atoms with Crippen LogP contribution in [0.25, 0.3) is 10.9 Å². The summed E-state index contributed by atoms with van der Waals surface area (Å²) in [4.78, 5) is 20.8. The minimum absolute atomic E-state index is 0.0346. The average Bonchev–Trinajstić information content (AvgIpc) is 2.77. The number of pyridine rings is 1. The van der Waals surface area contributed by atoms with Crippen LogP contribution in [0.3, 0.4) is 0 Å². The molecule has 0 saturated heterocycles. The van der Waals surface area contributed by atoms with Crippen LogP contribution in [0.5, 0.6) is 0 Å². The van der Waals surface area contributed by atoms with E-state index < -0.39 is 0 Å². The summed E-state index contributed by atoms with van der Waals surface area (Å²) < 4.78 is 3.56. The summed E-state index contributed by atoms with van der Waals surface area (Å²) in [5.74, 6) is 0. The highest BCUT2D eigenvalue weighted by Gasteiger charge is 2.12. The van der Waals surface area contributed by atoms with Crippen molar-refractivity contribution in [1.29, 1.82) is 0 Å². The van der Waals surface area contributed by atoms with Crippen molar-refractivity contribution in [3.8, 4) is 0 Å². The summed E-state index contributed by atoms with van der Waals surface area (Å²) >= 11 is 0. The first-order chi connectivity index (χ1) is 10.1. The van der Waals surface area contributed by atoms with Gasteiger partial charge in [-0.05, 0) is 32.9 Å². The molecule has 0 N–H and O–H groups in total. The van der Waals surface area contributed by atoms with Crippen molar-refractivity contribution in [2.45, 2.75) is 33.4 Å². The Labute approximate surface area is 122 Å². The Kier molecular flexibility index (Phi) is 3.29. The topological polar surface area (TPSA) is 65.6 Å². The van der Waals surface area contributed by atoms with Crippen molar-refractivity contribution in [3.63, 3.8) is 0 Å². The maximum atomic E-state index is 12.5. The van der Waals surface area contributed by atoms with Gasteiger partial charge in [0.15, 0.2) is 0 Å². The first-order valence-corrected chi connectivity index (χ1v) is 6.88. The van der Waals surface area contributed by atoms with Crippen LogP contribution < -0.4 is 5.56 Å². The summed E-state index contributed by atoms with van der Waals surface area (Å²) in [5.41, 5.74) is 2.67. The maximum absolute atomic E-state index is 12.5. The fraction of sp³-hybridized carbons (Fsp3) is 0.333. The van der Waals surface area contributed by atoms with E-state index in [4.69, 9.17) is 0 Å². The normalized spacial score (nSPS) is 12.7. The van der Waals surface area contributed by atoms with E-state index in [1.807, 2.05) is 31.5 Å². The minimum atomic E-state index is -0.0675. The summed E-state index contributed by atoms with van der Waals surface area (Å²) in [6, 6.07) is 3.73. The van der Waals surface area contributed by atoms with Crippen LogP contribution in [-0.2, 0) is 6.54 Å². The Balaban J connectivity index is 1.98. The molecule has 3 rings (SSSR count). The van der Waals surface area contributed by atoms with Gasteiger partial charge >= 0.3 is 0 Å². The van der Waals surface area contributed by atoms with Crippen LogP contribution in [0.15, 0.2) is 35.6 Å². The minimum Gasteiger partial charge on any atom is -0.294 e. The predicted molar refractivity (Wildman–Crippen MR) is 80.2 cm³/mol. The molecule has 3 heterocycles. The van der Waals surface area contributed by atoms with Gasteiger partial charge in [0.2, 0.25) is 0 Å². The third kappa shape index (κ3) is 2.44. The number of nitrogens with zero attached hydrogens (tertiary/aromatic N) is 5.